The Hall–Kier alpha value is -2.13. The molecule has 0 spiro atoms. The van der Waals surface area contributed by atoms with Crippen molar-refractivity contribution in [3.8, 4) is 0 Å². The first-order valence-corrected chi connectivity index (χ1v) is 6.24. The van der Waals surface area contributed by atoms with Gasteiger partial charge in [-0.15, -0.1) is 0 Å². The van der Waals surface area contributed by atoms with Crippen LogP contribution in [-0.4, -0.2) is 10.1 Å². The van der Waals surface area contributed by atoms with Crippen LogP contribution >= 0.6 is 0 Å². The van der Waals surface area contributed by atoms with Crippen molar-refractivity contribution in [2.45, 2.75) is 20.0 Å². The van der Waals surface area contributed by atoms with Gasteiger partial charge in [0.1, 0.15) is 17.4 Å². The minimum atomic E-state index is -0.712. The molecule has 0 fully saturated rings. The third kappa shape index (κ3) is 2.02. The second-order valence-electron chi connectivity index (χ2n) is 4.77. The normalized spacial score (nSPS) is 12.8. The number of pyridine rings is 1. The Balaban J connectivity index is 2.16. The van der Waals surface area contributed by atoms with E-state index in [0.29, 0.717) is 0 Å². The number of hydrogen-bond acceptors (Lipinski definition) is 3. The molecule has 0 saturated heterocycles. The van der Waals surface area contributed by atoms with Crippen molar-refractivity contribution < 1.29 is 9.52 Å². The number of aryl methyl sites for hydroxylation is 2. The number of rotatable bonds is 2. The summed E-state index contributed by atoms with van der Waals surface area (Å²) < 4.78 is 5.69. The highest BCUT2D eigenvalue weighted by Crippen LogP contribution is 2.33. The largest absolute Gasteiger partial charge is 0.461 e. The Labute approximate surface area is 111 Å². The van der Waals surface area contributed by atoms with Crippen molar-refractivity contribution in [2.75, 3.05) is 0 Å². The van der Waals surface area contributed by atoms with E-state index >= 15 is 0 Å². The van der Waals surface area contributed by atoms with Crippen molar-refractivity contribution in [1.29, 1.82) is 0 Å². The first-order valence-electron chi connectivity index (χ1n) is 6.24. The van der Waals surface area contributed by atoms with Gasteiger partial charge < -0.3 is 9.52 Å². The standard InChI is InChI=1S/C16H15NO2/c1-10-7-12(9-17-8-10)16(18)15-11(2)19-14-6-4-3-5-13(14)15/h3-9,16,18H,1-2H3. The lowest BCUT2D eigenvalue weighted by Crippen LogP contribution is -2.01. The summed E-state index contributed by atoms with van der Waals surface area (Å²) in [7, 11) is 0. The zero-order chi connectivity index (χ0) is 13.4. The van der Waals surface area contributed by atoms with E-state index in [2.05, 4.69) is 4.98 Å². The van der Waals surface area contributed by atoms with Crippen LogP contribution in [0.25, 0.3) is 11.0 Å². The van der Waals surface area contributed by atoms with Gasteiger partial charge in [-0.2, -0.15) is 0 Å². The average Bonchev–Trinajstić information content (AvgIpc) is 2.74. The van der Waals surface area contributed by atoms with Gasteiger partial charge in [-0.1, -0.05) is 24.3 Å². The van der Waals surface area contributed by atoms with Crippen LogP contribution in [0.1, 0.15) is 28.6 Å². The fraction of sp³-hybridized carbons (Fsp3) is 0.188. The van der Waals surface area contributed by atoms with Gasteiger partial charge in [0.05, 0.1) is 0 Å². The SMILES string of the molecule is Cc1cncc(C(O)c2c(C)oc3ccccc23)c1. The molecule has 1 atom stereocenters. The van der Waals surface area contributed by atoms with E-state index in [9.17, 15) is 5.11 Å². The molecule has 1 N–H and O–H groups in total. The highest BCUT2D eigenvalue weighted by atomic mass is 16.3. The van der Waals surface area contributed by atoms with Crippen molar-refractivity contribution in [1.82, 2.24) is 4.98 Å². The van der Waals surface area contributed by atoms with E-state index in [1.165, 1.54) is 0 Å². The fourth-order valence-corrected chi connectivity index (χ4v) is 2.42. The highest BCUT2D eigenvalue weighted by molar-refractivity contribution is 5.83. The number of aromatic nitrogens is 1. The average molecular weight is 253 g/mol. The van der Waals surface area contributed by atoms with Crippen LogP contribution in [0.15, 0.2) is 47.1 Å². The Morgan fingerprint density at radius 3 is 2.74 bits per heavy atom. The molecule has 0 saturated carbocycles. The van der Waals surface area contributed by atoms with Gasteiger partial charge in [-0.3, -0.25) is 4.98 Å². The molecule has 2 heterocycles. The van der Waals surface area contributed by atoms with Gasteiger partial charge in [0.15, 0.2) is 0 Å². The molecule has 96 valence electrons. The maximum Gasteiger partial charge on any atom is 0.134 e. The van der Waals surface area contributed by atoms with Crippen LogP contribution < -0.4 is 0 Å². The Morgan fingerprint density at radius 2 is 1.95 bits per heavy atom. The van der Waals surface area contributed by atoms with Crippen molar-refractivity contribution in [3.63, 3.8) is 0 Å². The van der Waals surface area contributed by atoms with Crippen LogP contribution in [0.5, 0.6) is 0 Å². The minimum absolute atomic E-state index is 0.712. The molecule has 0 aliphatic carbocycles. The van der Waals surface area contributed by atoms with Crippen LogP contribution in [0, 0.1) is 13.8 Å². The summed E-state index contributed by atoms with van der Waals surface area (Å²) in [5.41, 5.74) is 3.44. The van der Waals surface area contributed by atoms with Crippen LogP contribution in [0.4, 0.5) is 0 Å². The predicted octanol–water partition coefficient (Wildman–Crippen LogP) is 3.53. The second kappa shape index (κ2) is 4.52. The maximum absolute atomic E-state index is 10.6. The van der Waals surface area contributed by atoms with Gasteiger partial charge in [0, 0.05) is 28.9 Å². The minimum Gasteiger partial charge on any atom is -0.461 e. The zero-order valence-electron chi connectivity index (χ0n) is 10.9. The summed E-state index contributed by atoms with van der Waals surface area (Å²) in [4.78, 5) is 4.13. The van der Waals surface area contributed by atoms with Gasteiger partial charge in [-0.25, -0.2) is 0 Å². The fourth-order valence-electron chi connectivity index (χ4n) is 2.42. The predicted molar refractivity (Wildman–Crippen MR) is 74.0 cm³/mol. The third-order valence-corrected chi connectivity index (χ3v) is 3.30. The van der Waals surface area contributed by atoms with E-state index in [4.69, 9.17) is 4.42 Å². The Bertz CT molecular complexity index is 730. The zero-order valence-corrected chi connectivity index (χ0v) is 10.9. The van der Waals surface area contributed by atoms with E-state index in [1.54, 1.807) is 12.4 Å². The van der Waals surface area contributed by atoms with Crippen LogP contribution in [0.3, 0.4) is 0 Å². The van der Waals surface area contributed by atoms with E-state index < -0.39 is 6.10 Å². The topological polar surface area (TPSA) is 46.3 Å². The number of nitrogens with zero attached hydrogens (tertiary/aromatic N) is 1. The smallest absolute Gasteiger partial charge is 0.134 e. The number of para-hydroxylation sites is 1. The first kappa shape index (κ1) is 11.9. The highest BCUT2D eigenvalue weighted by Gasteiger charge is 2.20. The molecule has 0 bridgehead atoms. The molecule has 3 aromatic rings. The number of fused-ring (bicyclic) bond motifs is 1. The maximum atomic E-state index is 10.6. The molecular weight excluding hydrogens is 238 g/mol. The molecule has 0 amide bonds. The third-order valence-electron chi connectivity index (χ3n) is 3.30. The lowest BCUT2D eigenvalue weighted by atomic mass is 9.99. The number of aliphatic hydroxyl groups excluding tert-OH is 1. The molecule has 3 heteroatoms. The molecule has 1 aromatic carbocycles. The first-order chi connectivity index (χ1) is 9.16. The van der Waals surface area contributed by atoms with E-state index in [-0.39, 0.29) is 0 Å². The summed E-state index contributed by atoms with van der Waals surface area (Å²) in [6.07, 6.45) is 2.76. The van der Waals surface area contributed by atoms with E-state index in [1.807, 2.05) is 44.2 Å². The lowest BCUT2D eigenvalue weighted by Gasteiger charge is -2.11. The number of hydrogen-bond donors (Lipinski definition) is 1. The van der Waals surface area contributed by atoms with Crippen LogP contribution in [-0.2, 0) is 0 Å². The molecule has 3 rings (SSSR count). The second-order valence-corrected chi connectivity index (χ2v) is 4.77. The molecule has 0 radical (unpaired) electrons. The number of benzene rings is 1. The summed E-state index contributed by atoms with van der Waals surface area (Å²) in [6.45, 7) is 3.84. The molecular formula is C16H15NO2. The Morgan fingerprint density at radius 1 is 1.16 bits per heavy atom. The summed E-state index contributed by atoms with van der Waals surface area (Å²) >= 11 is 0. The molecule has 1 unspecified atom stereocenters. The van der Waals surface area contributed by atoms with Gasteiger partial charge in [0.2, 0.25) is 0 Å². The monoisotopic (exact) mass is 253 g/mol. The van der Waals surface area contributed by atoms with E-state index in [0.717, 1.165) is 33.4 Å². The van der Waals surface area contributed by atoms with Gasteiger partial charge >= 0.3 is 0 Å². The van der Waals surface area contributed by atoms with Gasteiger partial charge in [0.25, 0.3) is 0 Å². The van der Waals surface area contributed by atoms with Crippen molar-refractivity contribution >= 4 is 11.0 Å². The number of aliphatic hydroxyl groups is 1. The lowest BCUT2D eigenvalue weighted by molar-refractivity contribution is 0.218. The molecule has 3 nitrogen and oxygen atoms in total. The number of furan rings is 1. The quantitative estimate of drug-likeness (QED) is 0.760. The molecule has 2 aromatic heterocycles. The summed E-state index contributed by atoms with van der Waals surface area (Å²) in [5.74, 6) is 0.746. The molecule has 0 aliphatic rings. The van der Waals surface area contributed by atoms with Crippen molar-refractivity contribution in [2.24, 2.45) is 0 Å². The molecule has 0 aliphatic heterocycles. The van der Waals surface area contributed by atoms with Gasteiger partial charge in [-0.05, 0) is 25.5 Å². The molecule has 19 heavy (non-hydrogen) atoms. The summed E-state index contributed by atoms with van der Waals surface area (Å²) in [5, 5.41) is 11.5. The van der Waals surface area contributed by atoms with Crippen molar-refractivity contribution in [3.05, 3.63) is 65.2 Å². The van der Waals surface area contributed by atoms with Crippen LogP contribution in [0.2, 0.25) is 0 Å². The summed E-state index contributed by atoms with van der Waals surface area (Å²) in [6, 6.07) is 9.69. The Kier molecular flexibility index (Phi) is 2.84.